The minimum Gasteiger partial charge on any atom is -0.355 e. The van der Waals surface area contributed by atoms with Gasteiger partial charge in [0, 0.05) is 19.0 Å². The SMILES string of the molecule is CC(C)n1c(CCNC(=O)C(C)(C)c2cccc(C#N)c2)n[nH]c1=S. The normalized spacial score (nSPS) is 11.4. The van der Waals surface area contributed by atoms with E-state index in [1.807, 2.05) is 38.3 Å². The third kappa shape index (κ3) is 4.15. The summed E-state index contributed by atoms with van der Waals surface area (Å²) in [6.07, 6.45) is 0.589. The summed E-state index contributed by atoms with van der Waals surface area (Å²) in [5.41, 5.74) is 0.634. The summed E-state index contributed by atoms with van der Waals surface area (Å²) in [5.74, 6) is 0.734. The van der Waals surface area contributed by atoms with Gasteiger partial charge < -0.3 is 9.88 Å². The van der Waals surface area contributed by atoms with Crippen LogP contribution in [0.2, 0.25) is 0 Å². The zero-order valence-electron chi connectivity index (χ0n) is 15.0. The Bertz CT molecular complexity index is 857. The number of aromatic amines is 1. The number of rotatable bonds is 6. The first-order chi connectivity index (χ1) is 11.8. The number of nitriles is 1. The molecule has 0 aliphatic carbocycles. The van der Waals surface area contributed by atoms with Crippen LogP contribution >= 0.6 is 12.2 Å². The van der Waals surface area contributed by atoms with Gasteiger partial charge in [-0.25, -0.2) is 0 Å². The summed E-state index contributed by atoms with van der Waals surface area (Å²) < 4.78 is 2.54. The number of hydrogen-bond donors (Lipinski definition) is 2. The van der Waals surface area contributed by atoms with E-state index in [0.717, 1.165) is 11.4 Å². The van der Waals surface area contributed by atoms with Crippen molar-refractivity contribution < 1.29 is 4.79 Å². The molecule has 2 rings (SSSR count). The summed E-state index contributed by atoms with van der Waals surface area (Å²) >= 11 is 5.23. The van der Waals surface area contributed by atoms with Crippen LogP contribution in [0, 0.1) is 16.1 Å². The van der Waals surface area contributed by atoms with E-state index in [1.54, 1.807) is 18.2 Å². The molecule has 2 N–H and O–H groups in total. The summed E-state index contributed by atoms with van der Waals surface area (Å²) in [7, 11) is 0. The summed E-state index contributed by atoms with van der Waals surface area (Å²) in [6.45, 7) is 8.25. The lowest BCUT2D eigenvalue weighted by molar-refractivity contribution is -0.125. The molecule has 0 saturated carbocycles. The molecular formula is C18H23N5OS. The molecule has 0 atom stereocenters. The number of nitrogens with one attached hydrogen (secondary N) is 2. The molecule has 1 aromatic carbocycles. The average Bonchev–Trinajstić information content (AvgIpc) is 2.95. The van der Waals surface area contributed by atoms with E-state index < -0.39 is 5.41 Å². The highest BCUT2D eigenvalue weighted by Gasteiger charge is 2.29. The predicted molar refractivity (Wildman–Crippen MR) is 98.7 cm³/mol. The molecule has 0 aliphatic heterocycles. The highest BCUT2D eigenvalue weighted by Crippen LogP contribution is 2.24. The molecule has 0 fully saturated rings. The van der Waals surface area contributed by atoms with Crippen LogP contribution < -0.4 is 5.32 Å². The van der Waals surface area contributed by atoms with Gasteiger partial charge in [0.2, 0.25) is 5.91 Å². The van der Waals surface area contributed by atoms with E-state index in [0.29, 0.717) is 23.3 Å². The molecular weight excluding hydrogens is 334 g/mol. The third-order valence-corrected chi connectivity index (χ3v) is 4.50. The molecule has 132 valence electrons. The van der Waals surface area contributed by atoms with Crippen molar-refractivity contribution in [2.24, 2.45) is 0 Å². The molecule has 25 heavy (non-hydrogen) atoms. The Balaban J connectivity index is 2.04. The molecule has 6 nitrogen and oxygen atoms in total. The Morgan fingerprint density at radius 1 is 1.48 bits per heavy atom. The lowest BCUT2D eigenvalue weighted by Crippen LogP contribution is -2.41. The lowest BCUT2D eigenvalue weighted by Gasteiger charge is -2.24. The van der Waals surface area contributed by atoms with Gasteiger partial charge >= 0.3 is 0 Å². The highest BCUT2D eigenvalue weighted by atomic mass is 32.1. The van der Waals surface area contributed by atoms with Crippen molar-refractivity contribution in [3.63, 3.8) is 0 Å². The largest absolute Gasteiger partial charge is 0.355 e. The standard InChI is InChI=1S/C18H23N5OS/c1-12(2)23-15(21-22-17(23)25)8-9-20-16(24)18(3,4)14-7-5-6-13(10-14)11-19/h5-7,10,12H,8-9H2,1-4H3,(H,20,24)(H,22,25). The first-order valence-electron chi connectivity index (χ1n) is 8.22. The van der Waals surface area contributed by atoms with Crippen molar-refractivity contribution in [1.29, 1.82) is 5.26 Å². The molecule has 0 saturated heterocycles. The number of carbonyl (C=O) groups excluding carboxylic acids is 1. The van der Waals surface area contributed by atoms with Gasteiger partial charge in [0.1, 0.15) is 5.82 Å². The van der Waals surface area contributed by atoms with E-state index in [2.05, 4.69) is 21.6 Å². The number of nitrogens with zero attached hydrogens (tertiary/aromatic N) is 3. The maximum absolute atomic E-state index is 12.6. The number of H-pyrrole nitrogens is 1. The van der Waals surface area contributed by atoms with E-state index in [9.17, 15) is 4.79 Å². The van der Waals surface area contributed by atoms with E-state index in [-0.39, 0.29) is 11.9 Å². The minimum atomic E-state index is -0.727. The number of benzene rings is 1. The Morgan fingerprint density at radius 2 is 2.20 bits per heavy atom. The zero-order valence-corrected chi connectivity index (χ0v) is 15.8. The summed E-state index contributed by atoms with van der Waals surface area (Å²) in [5, 5.41) is 19.0. The van der Waals surface area contributed by atoms with Crippen LogP contribution in [0.25, 0.3) is 0 Å². The van der Waals surface area contributed by atoms with Crippen molar-refractivity contribution in [3.05, 3.63) is 46.0 Å². The number of carbonyl (C=O) groups is 1. The van der Waals surface area contributed by atoms with Gasteiger partial charge in [0.15, 0.2) is 4.77 Å². The Kier molecular flexibility index (Phi) is 5.75. The van der Waals surface area contributed by atoms with Crippen LogP contribution in [0.4, 0.5) is 0 Å². The fourth-order valence-electron chi connectivity index (χ4n) is 2.66. The van der Waals surface area contributed by atoms with Crippen LogP contribution in [-0.2, 0) is 16.6 Å². The first-order valence-corrected chi connectivity index (χ1v) is 8.63. The van der Waals surface area contributed by atoms with Gasteiger partial charge in [0.25, 0.3) is 0 Å². The number of amides is 1. The maximum atomic E-state index is 12.6. The summed E-state index contributed by atoms with van der Waals surface area (Å²) in [4.78, 5) is 12.6. The second-order valence-electron chi connectivity index (χ2n) is 6.73. The maximum Gasteiger partial charge on any atom is 0.230 e. The van der Waals surface area contributed by atoms with Crippen LogP contribution in [0.15, 0.2) is 24.3 Å². The Morgan fingerprint density at radius 3 is 2.84 bits per heavy atom. The first kappa shape index (κ1) is 18.9. The van der Waals surface area contributed by atoms with Crippen LogP contribution in [0.3, 0.4) is 0 Å². The molecule has 1 amide bonds. The van der Waals surface area contributed by atoms with Gasteiger partial charge in [-0.05, 0) is 57.6 Å². The fourth-order valence-corrected chi connectivity index (χ4v) is 3.03. The van der Waals surface area contributed by atoms with Gasteiger partial charge in [-0.1, -0.05) is 12.1 Å². The molecule has 1 heterocycles. The topological polar surface area (TPSA) is 86.5 Å². The number of aromatic nitrogens is 3. The molecule has 0 unspecified atom stereocenters. The Hall–Kier alpha value is -2.46. The van der Waals surface area contributed by atoms with E-state index in [4.69, 9.17) is 17.5 Å². The molecule has 1 aromatic heterocycles. The van der Waals surface area contributed by atoms with Crippen molar-refractivity contribution in [2.45, 2.75) is 45.6 Å². The van der Waals surface area contributed by atoms with Crippen LogP contribution in [-0.4, -0.2) is 27.2 Å². The van der Waals surface area contributed by atoms with Gasteiger partial charge in [-0.15, -0.1) is 0 Å². The quantitative estimate of drug-likeness (QED) is 0.778. The third-order valence-electron chi connectivity index (χ3n) is 4.21. The number of hydrogen-bond acceptors (Lipinski definition) is 4. The highest BCUT2D eigenvalue weighted by molar-refractivity contribution is 7.71. The second kappa shape index (κ2) is 7.62. The molecule has 0 bridgehead atoms. The second-order valence-corrected chi connectivity index (χ2v) is 7.12. The smallest absolute Gasteiger partial charge is 0.230 e. The van der Waals surface area contributed by atoms with Gasteiger partial charge in [-0.3, -0.25) is 9.89 Å². The molecule has 7 heteroatoms. The minimum absolute atomic E-state index is 0.0900. The van der Waals surface area contributed by atoms with Crippen LogP contribution in [0.1, 0.15) is 50.7 Å². The monoisotopic (exact) mass is 357 g/mol. The predicted octanol–water partition coefficient (Wildman–Crippen LogP) is 3.03. The van der Waals surface area contributed by atoms with Crippen molar-refractivity contribution >= 4 is 18.1 Å². The summed E-state index contributed by atoms with van der Waals surface area (Å²) in [6, 6.07) is 9.46. The van der Waals surface area contributed by atoms with Crippen LogP contribution in [0.5, 0.6) is 0 Å². The molecule has 0 radical (unpaired) electrons. The van der Waals surface area contributed by atoms with Gasteiger partial charge in [-0.2, -0.15) is 10.4 Å². The van der Waals surface area contributed by atoms with E-state index in [1.165, 1.54) is 0 Å². The lowest BCUT2D eigenvalue weighted by atomic mass is 9.83. The molecule has 0 spiro atoms. The van der Waals surface area contributed by atoms with Crippen molar-refractivity contribution in [1.82, 2.24) is 20.1 Å². The average molecular weight is 357 g/mol. The van der Waals surface area contributed by atoms with E-state index >= 15 is 0 Å². The molecule has 2 aromatic rings. The molecule has 0 aliphatic rings. The Labute approximate surface area is 152 Å². The fraction of sp³-hybridized carbons (Fsp3) is 0.444. The zero-order chi connectivity index (χ0) is 18.6. The van der Waals surface area contributed by atoms with Crippen molar-refractivity contribution in [2.75, 3.05) is 6.54 Å². The van der Waals surface area contributed by atoms with Crippen molar-refractivity contribution in [3.8, 4) is 6.07 Å². The van der Waals surface area contributed by atoms with Gasteiger partial charge in [0.05, 0.1) is 17.0 Å².